The zero-order valence-electron chi connectivity index (χ0n) is 12.3. The smallest absolute Gasteiger partial charge is 0.0737 e. The first-order chi connectivity index (χ1) is 9.41. The molecule has 1 unspecified atom stereocenters. The lowest BCUT2D eigenvalue weighted by atomic mass is 9.91. The Morgan fingerprint density at radius 1 is 1.35 bits per heavy atom. The van der Waals surface area contributed by atoms with Gasteiger partial charge in [0.1, 0.15) is 0 Å². The number of nitrogens with one attached hydrogen (secondary N) is 1. The standard InChI is InChI=1S/C16H22ClN3/c1-11(10-18)9-16(2,3)20-14-6-7-19-15-8-12(17)4-5-13(14)15/h4-8,11H,9-10,18H2,1-3H3,(H,19,20). The van der Waals surface area contributed by atoms with Gasteiger partial charge in [0.15, 0.2) is 0 Å². The van der Waals surface area contributed by atoms with Crippen molar-refractivity contribution in [3.05, 3.63) is 35.5 Å². The van der Waals surface area contributed by atoms with Gasteiger partial charge in [-0.3, -0.25) is 4.98 Å². The van der Waals surface area contributed by atoms with Crippen molar-refractivity contribution >= 4 is 28.2 Å². The Bertz CT molecular complexity index is 595. The summed E-state index contributed by atoms with van der Waals surface area (Å²) in [6.07, 6.45) is 2.82. The summed E-state index contributed by atoms with van der Waals surface area (Å²) in [6.45, 7) is 7.27. The largest absolute Gasteiger partial charge is 0.380 e. The second kappa shape index (κ2) is 5.98. The van der Waals surface area contributed by atoms with Crippen molar-refractivity contribution in [2.75, 3.05) is 11.9 Å². The minimum Gasteiger partial charge on any atom is -0.380 e. The Labute approximate surface area is 125 Å². The quantitative estimate of drug-likeness (QED) is 0.873. The van der Waals surface area contributed by atoms with Crippen LogP contribution in [0.3, 0.4) is 0 Å². The van der Waals surface area contributed by atoms with Crippen LogP contribution in [0.15, 0.2) is 30.5 Å². The molecule has 1 aromatic carbocycles. The first kappa shape index (κ1) is 15.1. The molecule has 0 radical (unpaired) electrons. The molecule has 0 aliphatic carbocycles. The zero-order chi connectivity index (χ0) is 14.8. The molecule has 0 spiro atoms. The van der Waals surface area contributed by atoms with Crippen molar-refractivity contribution in [2.24, 2.45) is 11.7 Å². The second-order valence-corrected chi connectivity index (χ2v) is 6.51. The lowest BCUT2D eigenvalue weighted by molar-refractivity contribution is 0.412. The van der Waals surface area contributed by atoms with E-state index >= 15 is 0 Å². The van der Waals surface area contributed by atoms with E-state index in [1.807, 2.05) is 30.5 Å². The third-order valence-corrected chi connectivity index (χ3v) is 3.67. The maximum atomic E-state index is 6.02. The van der Waals surface area contributed by atoms with E-state index in [4.69, 9.17) is 17.3 Å². The van der Waals surface area contributed by atoms with Crippen LogP contribution in [0.2, 0.25) is 5.02 Å². The van der Waals surface area contributed by atoms with Gasteiger partial charge < -0.3 is 11.1 Å². The Morgan fingerprint density at radius 3 is 2.80 bits per heavy atom. The van der Waals surface area contributed by atoms with Gasteiger partial charge in [-0.25, -0.2) is 0 Å². The van der Waals surface area contributed by atoms with Crippen LogP contribution in [0.1, 0.15) is 27.2 Å². The highest BCUT2D eigenvalue weighted by atomic mass is 35.5. The van der Waals surface area contributed by atoms with E-state index in [2.05, 4.69) is 31.1 Å². The van der Waals surface area contributed by atoms with Gasteiger partial charge in [-0.15, -0.1) is 0 Å². The summed E-state index contributed by atoms with van der Waals surface area (Å²) < 4.78 is 0. The molecule has 0 fully saturated rings. The SMILES string of the molecule is CC(CN)CC(C)(C)Nc1ccnc2cc(Cl)ccc12. The number of anilines is 1. The number of rotatable bonds is 5. The molecule has 2 rings (SSSR count). The minimum absolute atomic E-state index is 0.0211. The molecule has 4 heteroatoms. The van der Waals surface area contributed by atoms with Crippen molar-refractivity contribution in [1.29, 1.82) is 0 Å². The molecule has 20 heavy (non-hydrogen) atoms. The number of nitrogens with zero attached hydrogens (tertiary/aromatic N) is 1. The molecule has 3 N–H and O–H groups in total. The van der Waals surface area contributed by atoms with Crippen LogP contribution >= 0.6 is 11.6 Å². The van der Waals surface area contributed by atoms with Gasteiger partial charge in [0.2, 0.25) is 0 Å². The van der Waals surface area contributed by atoms with Crippen molar-refractivity contribution < 1.29 is 0 Å². The topological polar surface area (TPSA) is 50.9 Å². The predicted octanol–water partition coefficient (Wildman–Crippen LogP) is 4.06. The molecular weight excluding hydrogens is 270 g/mol. The highest BCUT2D eigenvalue weighted by Gasteiger charge is 2.21. The van der Waals surface area contributed by atoms with E-state index in [9.17, 15) is 0 Å². The van der Waals surface area contributed by atoms with Gasteiger partial charge in [-0.05, 0) is 57.0 Å². The predicted molar refractivity (Wildman–Crippen MR) is 87.3 cm³/mol. The molecule has 2 aromatic rings. The van der Waals surface area contributed by atoms with Gasteiger partial charge >= 0.3 is 0 Å². The van der Waals surface area contributed by atoms with Crippen LogP contribution in [0, 0.1) is 5.92 Å². The first-order valence-corrected chi connectivity index (χ1v) is 7.31. The number of fused-ring (bicyclic) bond motifs is 1. The number of hydrogen-bond acceptors (Lipinski definition) is 3. The fourth-order valence-corrected chi connectivity index (χ4v) is 2.77. The summed E-state index contributed by atoms with van der Waals surface area (Å²) in [5.41, 5.74) is 7.70. The van der Waals surface area contributed by atoms with Gasteiger partial charge in [0, 0.05) is 27.8 Å². The summed E-state index contributed by atoms with van der Waals surface area (Å²) in [6, 6.07) is 7.80. The van der Waals surface area contributed by atoms with Crippen molar-refractivity contribution in [3.63, 3.8) is 0 Å². The van der Waals surface area contributed by atoms with Crippen LogP contribution in [0.4, 0.5) is 5.69 Å². The third-order valence-electron chi connectivity index (χ3n) is 3.44. The van der Waals surface area contributed by atoms with Crippen molar-refractivity contribution in [2.45, 2.75) is 32.7 Å². The maximum Gasteiger partial charge on any atom is 0.0737 e. The Morgan fingerprint density at radius 2 is 2.10 bits per heavy atom. The summed E-state index contributed by atoms with van der Waals surface area (Å²) in [7, 11) is 0. The zero-order valence-corrected chi connectivity index (χ0v) is 13.0. The highest BCUT2D eigenvalue weighted by Crippen LogP contribution is 2.28. The highest BCUT2D eigenvalue weighted by molar-refractivity contribution is 6.31. The molecule has 0 amide bonds. The Hall–Kier alpha value is -1.32. The van der Waals surface area contributed by atoms with E-state index in [1.165, 1.54) is 0 Å². The van der Waals surface area contributed by atoms with Crippen molar-refractivity contribution in [3.8, 4) is 0 Å². The monoisotopic (exact) mass is 291 g/mol. The molecule has 1 heterocycles. The number of pyridine rings is 1. The van der Waals surface area contributed by atoms with Gasteiger partial charge in [-0.2, -0.15) is 0 Å². The van der Waals surface area contributed by atoms with Crippen LogP contribution in [-0.4, -0.2) is 17.1 Å². The van der Waals surface area contributed by atoms with E-state index in [0.29, 0.717) is 17.5 Å². The average molecular weight is 292 g/mol. The van der Waals surface area contributed by atoms with Gasteiger partial charge in [0.25, 0.3) is 0 Å². The summed E-state index contributed by atoms with van der Waals surface area (Å²) in [4.78, 5) is 4.37. The van der Waals surface area contributed by atoms with Crippen molar-refractivity contribution in [1.82, 2.24) is 4.98 Å². The number of aromatic nitrogens is 1. The first-order valence-electron chi connectivity index (χ1n) is 6.94. The molecule has 108 valence electrons. The summed E-state index contributed by atoms with van der Waals surface area (Å²) in [5.74, 6) is 0.486. The van der Waals surface area contributed by atoms with Crippen LogP contribution in [0.5, 0.6) is 0 Å². The molecule has 0 saturated heterocycles. The molecule has 0 aliphatic rings. The minimum atomic E-state index is -0.0211. The number of hydrogen-bond donors (Lipinski definition) is 2. The van der Waals surface area contributed by atoms with Crippen LogP contribution in [0.25, 0.3) is 10.9 Å². The molecule has 1 aromatic heterocycles. The Kier molecular flexibility index (Phi) is 4.51. The van der Waals surface area contributed by atoms with Crippen LogP contribution in [-0.2, 0) is 0 Å². The molecule has 0 saturated carbocycles. The fraction of sp³-hybridized carbons (Fsp3) is 0.438. The van der Waals surface area contributed by atoms with E-state index < -0.39 is 0 Å². The van der Waals surface area contributed by atoms with Gasteiger partial charge in [0.05, 0.1) is 5.52 Å². The second-order valence-electron chi connectivity index (χ2n) is 6.07. The molecular formula is C16H22ClN3. The number of nitrogens with two attached hydrogens (primary N) is 1. The molecule has 1 atom stereocenters. The maximum absolute atomic E-state index is 6.02. The van der Waals surface area contributed by atoms with Gasteiger partial charge in [-0.1, -0.05) is 18.5 Å². The van der Waals surface area contributed by atoms with E-state index in [-0.39, 0.29) is 5.54 Å². The lowest BCUT2D eigenvalue weighted by Crippen LogP contribution is -2.34. The molecule has 0 aliphatic heterocycles. The van der Waals surface area contributed by atoms with E-state index in [0.717, 1.165) is 23.0 Å². The molecule has 3 nitrogen and oxygen atoms in total. The summed E-state index contributed by atoms with van der Waals surface area (Å²) in [5, 5.41) is 5.40. The van der Waals surface area contributed by atoms with Crippen LogP contribution < -0.4 is 11.1 Å². The lowest BCUT2D eigenvalue weighted by Gasteiger charge is -2.30. The summed E-state index contributed by atoms with van der Waals surface area (Å²) >= 11 is 6.02. The Balaban J connectivity index is 2.29. The molecule has 0 bridgehead atoms. The number of benzene rings is 1. The normalized spacial score (nSPS) is 13.4. The average Bonchev–Trinajstić information content (AvgIpc) is 2.37. The number of halogens is 1. The van der Waals surface area contributed by atoms with E-state index in [1.54, 1.807) is 0 Å². The fourth-order valence-electron chi connectivity index (χ4n) is 2.60. The third kappa shape index (κ3) is 3.62.